The summed E-state index contributed by atoms with van der Waals surface area (Å²) >= 11 is 1.67. The van der Waals surface area contributed by atoms with Gasteiger partial charge in [0.25, 0.3) is 0 Å². The van der Waals surface area contributed by atoms with E-state index >= 15 is 0 Å². The highest BCUT2D eigenvalue weighted by Gasteiger charge is 2.13. The summed E-state index contributed by atoms with van der Waals surface area (Å²) in [5, 5.41) is 7.10. The van der Waals surface area contributed by atoms with Gasteiger partial charge in [0.2, 0.25) is 5.91 Å². The Balaban J connectivity index is 1.38. The molecule has 0 bridgehead atoms. The predicted molar refractivity (Wildman–Crippen MR) is 102 cm³/mol. The lowest BCUT2D eigenvalue weighted by Gasteiger charge is -2.11. The molecule has 4 rings (SSSR count). The van der Waals surface area contributed by atoms with E-state index in [1.54, 1.807) is 11.3 Å². The molecule has 3 heterocycles. The molecule has 3 aromatic rings. The topological polar surface area (TPSA) is 46.9 Å². The molecule has 0 fully saturated rings. The number of carbonyl (C=O) groups excluding carboxylic acids is 1. The maximum absolute atomic E-state index is 12.1. The molecule has 1 aliphatic heterocycles. The summed E-state index contributed by atoms with van der Waals surface area (Å²) in [6.45, 7) is 1.07. The first-order chi connectivity index (χ1) is 12.3. The average molecular weight is 351 g/mol. The number of imidazole rings is 1. The third kappa shape index (κ3) is 3.82. The molecule has 0 atom stereocenters. The Kier molecular flexibility index (Phi) is 4.65. The Hall–Kier alpha value is -2.40. The van der Waals surface area contributed by atoms with Crippen molar-refractivity contribution in [1.29, 1.82) is 0 Å². The fourth-order valence-electron chi connectivity index (χ4n) is 3.19. The fraction of sp³-hybridized carbons (Fsp3) is 0.300. The van der Waals surface area contributed by atoms with E-state index in [1.165, 1.54) is 24.2 Å². The monoisotopic (exact) mass is 351 g/mol. The molecule has 128 valence electrons. The molecular formula is C20H21N3OS. The van der Waals surface area contributed by atoms with Crippen molar-refractivity contribution < 1.29 is 4.79 Å². The Morgan fingerprint density at radius 3 is 2.84 bits per heavy atom. The van der Waals surface area contributed by atoms with Crippen molar-refractivity contribution in [2.75, 3.05) is 5.32 Å². The lowest BCUT2D eigenvalue weighted by atomic mass is 10.1. The first-order valence-electron chi connectivity index (χ1n) is 8.75. The molecule has 0 spiro atoms. The lowest BCUT2D eigenvalue weighted by molar-refractivity contribution is -0.116. The van der Waals surface area contributed by atoms with Crippen LogP contribution in [-0.4, -0.2) is 15.5 Å². The van der Waals surface area contributed by atoms with Crippen molar-refractivity contribution >= 4 is 22.9 Å². The summed E-state index contributed by atoms with van der Waals surface area (Å²) in [5.74, 6) is 1.24. The minimum atomic E-state index is 0.0522. The van der Waals surface area contributed by atoms with Crippen LogP contribution in [0, 0.1) is 0 Å². The van der Waals surface area contributed by atoms with Crippen molar-refractivity contribution in [2.24, 2.45) is 0 Å². The summed E-state index contributed by atoms with van der Waals surface area (Å²) in [6.07, 6.45) is 6.97. The number of amides is 1. The van der Waals surface area contributed by atoms with E-state index < -0.39 is 0 Å². The van der Waals surface area contributed by atoms with Crippen LogP contribution in [0.3, 0.4) is 0 Å². The molecule has 25 heavy (non-hydrogen) atoms. The Morgan fingerprint density at radius 1 is 1.20 bits per heavy atom. The Morgan fingerprint density at radius 2 is 2.08 bits per heavy atom. The van der Waals surface area contributed by atoms with Gasteiger partial charge in [-0.2, -0.15) is 11.3 Å². The highest BCUT2D eigenvalue weighted by atomic mass is 32.1. The Labute approximate surface area is 151 Å². The molecule has 0 saturated heterocycles. The van der Waals surface area contributed by atoms with Crippen LogP contribution in [0.2, 0.25) is 0 Å². The summed E-state index contributed by atoms with van der Waals surface area (Å²) in [5.41, 5.74) is 4.17. The van der Waals surface area contributed by atoms with E-state index in [0.717, 1.165) is 36.3 Å². The van der Waals surface area contributed by atoms with Crippen LogP contribution in [0.1, 0.15) is 30.7 Å². The van der Waals surface area contributed by atoms with Crippen LogP contribution < -0.4 is 5.32 Å². The highest BCUT2D eigenvalue weighted by Crippen LogP contribution is 2.24. The standard InChI is InChI=1S/C20H21N3OS/c24-20(9-4-15-10-12-25-14-15)21-17-7-5-16(6-8-17)18-13-23-11-2-1-3-19(23)22-18/h5-8,10,12-14H,1-4,9,11H2,(H,21,24). The number of thiophene rings is 1. The molecule has 0 aliphatic carbocycles. The third-order valence-electron chi connectivity index (χ3n) is 4.59. The number of rotatable bonds is 5. The van der Waals surface area contributed by atoms with Gasteiger partial charge in [-0.05, 0) is 53.8 Å². The second kappa shape index (κ2) is 7.23. The number of hydrogen-bond donors (Lipinski definition) is 1. The van der Waals surface area contributed by atoms with Crippen molar-refractivity contribution in [3.63, 3.8) is 0 Å². The number of benzene rings is 1. The van der Waals surface area contributed by atoms with Gasteiger partial charge in [-0.15, -0.1) is 0 Å². The van der Waals surface area contributed by atoms with Gasteiger partial charge in [-0.3, -0.25) is 4.79 Å². The summed E-state index contributed by atoms with van der Waals surface area (Å²) in [4.78, 5) is 16.8. The second-order valence-electron chi connectivity index (χ2n) is 6.45. The van der Waals surface area contributed by atoms with Gasteiger partial charge in [0.1, 0.15) is 5.82 Å². The molecule has 1 amide bonds. The zero-order valence-electron chi connectivity index (χ0n) is 14.1. The van der Waals surface area contributed by atoms with Crippen molar-refractivity contribution in [2.45, 2.75) is 38.6 Å². The first-order valence-corrected chi connectivity index (χ1v) is 9.69. The molecule has 2 aromatic heterocycles. The van der Waals surface area contributed by atoms with E-state index in [1.807, 2.05) is 29.6 Å². The molecule has 4 nitrogen and oxygen atoms in total. The third-order valence-corrected chi connectivity index (χ3v) is 5.33. The van der Waals surface area contributed by atoms with Crippen LogP contribution in [0.15, 0.2) is 47.3 Å². The van der Waals surface area contributed by atoms with Crippen LogP contribution in [0.5, 0.6) is 0 Å². The van der Waals surface area contributed by atoms with Crippen molar-refractivity contribution in [3.8, 4) is 11.3 Å². The molecule has 1 aliphatic rings. The average Bonchev–Trinajstić information content (AvgIpc) is 3.30. The molecule has 1 aromatic carbocycles. The summed E-state index contributed by atoms with van der Waals surface area (Å²) in [6, 6.07) is 10.0. The van der Waals surface area contributed by atoms with E-state index in [9.17, 15) is 4.79 Å². The fourth-order valence-corrected chi connectivity index (χ4v) is 3.90. The van der Waals surface area contributed by atoms with Gasteiger partial charge in [0.15, 0.2) is 0 Å². The molecular weight excluding hydrogens is 330 g/mol. The lowest BCUT2D eigenvalue weighted by Crippen LogP contribution is -2.12. The first kappa shape index (κ1) is 16.1. The minimum absolute atomic E-state index is 0.0522. The molecule has 1 N–H and O–H groups in total. The number of hydrogen-bond acceptors (Lipinski definition) is 3. The van der Waals surface area contributed by atoms with Gasteiger partial charge in [0.05, 0.1) is 5.69 Å². The number of nitrogens with zero attached hydrogens (tertiary/aromatic N) is 2. The smallest absolute Gasteiger partial charge is 0.224 e. The highest BCUT2D eigenvalue weighted by molar-refractivity contribution is 7.07. The van der Waals surface area contributed by atoms with Gasteiger partial charge >= 0.3 is 0 Å². The van der Waals surface area contributed by atoms with E-state index in [2.05, 4.69) is 27.5 Å². The van der Waals surface area contributed by atoms with Crippen LogP contribution >= 0.6 is 11.3 Å². The van der Waals surface area contributed by atoms with Gasteiger partial charge in [-0.1, -0.05) is 12.1 Å². The van der Waals surface area contributed by atoms with E-state index in [4.69, 9.17) is 4.98 Å². The SMILES string of the molecule is O=C(CCc1ccsc1)Nc1ccc(-c2cn3c(n2)CCCC3)cc1. The molecule has 0 radical (unpaired) electrons. The predicted octanol–water partition coefficient (Wildman–Crippen LogP) is 4.52. The van der Waals surface area contributed by atoms with Gasteiger partial charge < -0.3 is 9.88 Å². The van der Waals surface area contributed by atoms with Crippen molar-refractivity contribution in [3.05, 3.63) is 58.7 Å². The van der Waals surface area contributed by atoms with E-state index in [0.29, 0.717) is 6.42 Å². The Bertz CT molecular complexity index is 826. The molecule has 0 unspecified atom stereocenters. The normalized spacial score (nSPS) is 13.4. The molecule has 0 saturated carbocycles. The quantitative estimate of drug-likeness (QED) is 0.735. The number of aromatic nitrogens is 2. The number of carbonyl (C=O) groups is 1. The van der Waals surface area contributed by atoms with Crippen molar-refractivity contribution in [1.82, 2.24) is 9.55 Å². The number of fused-ring (bicyclic) bond motifs is 1. The van der Waals surface area contributed by atoms with Gasteiger partial charge in [0, 0.05) is 36.8 Å². The van der Waals surface area contributed by atoms with Crippen LogP contribution in [0.4, 0.5) is 5.69 Å². The number of aryl methyl sites for hydroxylation is 3. The number of nitrogens with one attached hydrogen (secondary N) is 1. The summed E-state index contributed by atoms with van der Waals surface area (Å²) in [7, 11) is 0. The zero-order chi connectivity index (χ0) is 17.1. The summed E-state index contributed by atoms with van der Waals surface area (Å²) < 4.78 is 2.26. The molecule has 5 heteroatoms. The van der Waals surface area contributed by atoms with Gasteiger partial charge in [-0.25, -0.2) is 4.98 Å². The minimum Gasteiger partial charge on any atom is -0.334 e. The maximum atomic E-state index is 12.1. The number of anilines is 1. The largest absolute Gasteiger partial charge is 0.334 e. The second-order valence-corrected chi connectivity index (χ2v) is 7.23. The maximum Gasteiger partial charge on any atom is 0.224 e. The zero-order valence-corrected chi connectivity index (χ0v) is 14.9. The van der Waals surface area contributed by atoms with Crippen LogP contribution in [0.25, 0.3) is 11.3 Å². The van der Waals surface area contributed by atoms with Crippen LogP contribution in [-0.2, 0) is 24.2 Å². The van der Waals surface area contributed by atoms with E-state index in [-0.39, 0.29) is 5.91 Å².